The Bertz CT molecular complexity index is 1020. The number of hydrogen-bond donors (Lipinski definition) is 1. The number of nitrogens with one attached hydrogen (secondary N) is 1. The highest BCUT2D eigenvalue weighted by Gasteiger charge is 2.14. The summed E-state index contributed by atoms with van der Waals surface area (Å²) in [7, 11) is -3.20. The third kappa shape index (κ3) is 5.54. The van der Waals surface area contributed by atoms with Gasteiger partial charge in [-0.3, -0.25) is 4.79 Å². The molecule has 0 atom stereocenters. The van der Waals surface area contributed by atoms with Crippen molar-refractivity contribution in [3.63, 3.8) is 0 Å². The Kier molecular flexibility index (Phi) is 6.61. The Morgan fingerprint density at radius 1 is 0.786 bits per heavy atom. The number of carbonyl (C=O) groups excluding carboxylic acids is 1. The molecule has 0 heterocycles. The molecule has 3 aromatic carbocycles. The summed E-state index contributed by atoms with van der Waals surface area (Å²) in [5, 5.41) is 2.84. The zero-order valence-corrected chi connectivity index (χ0v) is 16.4. The minimum Gasteiger partial charge on any atom is -0.352 e. The van der Waals surface area contributed by atoms with Crippen molar-refractivity contribution in [1.82, 2.24) is 5.32 Å². The van der Waals surface area contributed by atoms with Crippen LogP contribution in [0.2, 0.25) is 0 Å². The van der Waals surface area contributed by atoms with Crippen LogP contribution in [-0.2, 0) is 15.6 Å². The van der Waals surface area contributed by atoms with Gasteiger partial charge in [0.25, 0.3) is 5.91 Å². The first-order valence-corrected chi connectivity index (χ1v) is 11.0. The molecule has 0 unspecified atom stereocenters. The molecule has 28 heavy (non-hydrogen) atoms. The molecule has 0 saturated heterocycles. The molecule has 0 fully saturated rings. The molecule has 0 saturated carbocycles. The van der Waals surface area contributed by atoms with Crippen molar-refractivity contribution in [2.75, 3.05) is 12.3 Å². The quantitative estimate of drug-likeness (QED) is 0.586. The molecular weight excluding hydrogens is 370 g/mol. The van der Waals surface area contributed by atoms with Crippen LogP contribution >= 0.6 is 0 Å². The summed E-state index contributed by atoms with van der Waals surface area (Å²) in [6.07, 6.45) is 0.383. The lowest BCUT2D eigenvalue weighted by molar-refractivity contribution is 0.0954. The van der Waals surface area contributed by atoms with E-state index < -0.39 is 9.84 Å². The van der Waals surface area contributed by atoms with Gasteiger partial charge in [0.05, 0.1) is 11.5 Å². The lowest BCUT2D eigenvalue weighted by atomic mass is 9.99. The zero-order chi connectivity index (χ0) is 19.8. The van der Waals surface area contributed by atoms with Gasteiger partial charge in [-0.2, -0.15) is 0 Å². The van der Waals surface area contributed by atoms with Crippen LogP contribution in [0.25, 0.3) is 11.1 Å². The minimum absolute atomic E-state index is 0.0264. The summed E-state index contributed by atoms with van der Waals surface area (Å²) >= 11 is 0. The second kappa shape index (κ2) is 9.33. The second-order valence-electron chi connectivity index (χ2n) is 6.60. The topological polar surface area (TPSA) is 63.2 Å². The summed E-state index contributed by atoms with van der Waals surface area (Å²) in [4.78, 5) is 12.6. The lowest BCUT2D eigenvalue weighted by Gasteiger charge is -2.11. The number of sulfone groups is 1. The van der Waals surface area contributed by atoms with Crippen molar-refractivity contribution in [3.05, 3.63) is 96.1 Å². The third-order valence-electron chi connectivity index (χ3n) is 4.40. The molecule has 0 spiro atoms. The minimum atomic E-state index is -3.20. The van der Waals surface area contributed by atoms with E-state index in [4.69, 9.17) is 0 Å². The maximum Gasteiger partial charge on any atom is 0.251 e. The van der Waals surface area contributed by atoms with Crippen LogP contribution in [0.3, 0.4) is 0 Å². The summed E-state index contributed by atoms with van der Waals surface area (Å²) in [6, 6.07) is 26.3. The fourth-order valence-electron chi connectivity index (χ4n) is 3.04. The average Bonchev–Trinajstić information content (AvgIpc) is 2.72. The highest BCUT2D eigenvalue weighted by molar-refractivity contribution is 7.90. The maximum absolute atomic E-state index is 12.6. The highest BCUT2D eigenvalue weighted by atomic mass is 32.2. The first kappa shape index (κ1) is 19.8. The predicted molar refractivity (Wildman–Crippen MR) is 113 cm³/mol. The van der Waals surface area contributed by atoms with E-state index in [0.29, 0.717) is 18.5 Å². The number of hydrogen-bond acceptors (Lipinski definition) is 3. The van der Waals surface area contributed by atoms with Gasteiger partial charge in [-0.05, 0) is 29.2 Å². The highest BCUT2D eigenvalue weighted by Crippen LogP contribution is 2.23. The molecule has 0 aliphatic rings. The van der Waals surface area contributed by atoms with Gasteiger partial charge in [0.15, 0.2) is 9.84 Å². The van der Waals surface area contributed by atoms with Crippen molar-refractivity contribution in [3.8, 4) is 11.1 Å². The standard InChI is InChI=1S/C23H23NO3S/c25-23(22-15-8-7-14-21(22)20-12-5-2-6-13-20)24-16-9-17-28(26,27)18-19-10-3-1-4-11-19/h1-8,10-15H,9,16-18H2,(H,24,25). The Labute approximate surface area is 166 Å². The van der Waals surface area contributed by atoms with Crippen molar-refractivity contribution >= 4 is 15.7 Å². The molecule has 3 aromatic rings. The zero-order valence-electron chi connectivity index (χ0n) is 15.5. The first-order valence-electron chi connectivity index (χ1n) is 9.22. The smallest absolute Gasteiger partial charge is 0.251 e. The van der Waals surface area contributed by atoms with E-state index in [9.17, 15) is 13.2 Å². The predicted octanol–water partition coefficient (Wildman–Crippen LogP) is 4.09. The molecular formula is C23H23NO3S. The number of rotatable bonds is 8. The molecule has 4 nitrogen and oxygen atoms in total. The molecule has 0 aliphatic heterocycles. The van der Waals surface area contributed by atoms with E-state index in [2.05, 4.69) is 5.32 Å². The van der Waals surface area contributed by atoms with E-state index in [1.165, 1.54) is 0 Å². The van der Waals surface area contributed by atoms with Gasteiger partial charge in [-0.1, -0.05) is 78.9 Å². The number of benzene rings is 3. The molecule has 1 amide bonds. The fraction of sp³-hybridized carbons (Fsp3) is 0.174. The molecule has 3 rings (SSSR count). The van der Waals surface area contributed by atoms with Gasteiger partial charge < -0.3 is 5.32 Å². The van der Waals surface area contributed by atoms with Gasteiger partial charge in [0.1, 0.15) is 0 Å². The maximum atomic E-state index is 12.6. The normalized spacial score (nSPS) is 11.1. The van der Waals surface area contributed by atoms with E-state index >= 15 is 0 Å². The van der Waals surface area contributed by atoms with Gasteiger partial charge >= 0.3 is 0 Å². The van der Waals surface area contributed by atoms with Crippen molar-refractivity contribution in [1.29, 1.82) is 0 Å². The van der Waals surface area contributed by atoms with E-state index in [1.54, 1.807) is 18.2 Å². The van der Waals surface area contributed by atoms with Gasteiger partial charge in [0, 0.05) is 12.1 Å². The van der Waals surface area contributed by atoms with Crippen LogP contribution in [0.4, 0.5) is 0 Å². The molecule has 0 radical (unpaired) electrons. The SMILES string of the molecule is O=C(NCCCS(=O)(=O)Cc1ccccc1)c1ccccc1-c1ccccc1. The van der Waals surface area contributed by atoms with E-state index in [-0.39, 0.29) is 17.4 Å². The summed E-state index contributed by atoms with van der Waals surface area (Å²) < 4.78 is 24.5. The Hall–Kier alpha value is -2.92. The van der Waals surface area contributed by atoms with Crippen molar-refractivity contribution in [2.24, 2.45) is 0 Å². The number of amides is 1. The Morgan fingerprint density at radius 2 is 1.39 bits per heavy atom. The second-order valence-corrected chi connectivity index (χ2v) is 8.78. The van der Waals surface area contributed by atoms with Crippen LogP contribution in [0.15, 0.2) is 84.9 Å². The average molecular weight is 394 g/mol. The Morgan fingerprint density at radius 3 is 2.11 bits per heavy atom. The van der Waals surface area contributed by atoms with Gasteiger partial charge in [-0.25, -0.2) is 8.42 Å². The Balaban J connectivity index is 1.55. The van der Waals surface area contributed by atoms with Crippen LogP contribution in [0.5, 0.6) is 0 Å². The largest absolute Gasteiger partial charge is 0.352 e. The first-order chi connectivity index (χ1) is 13.6. The van der Waals surface area contributed by atoms with Crippen molar-refractivity contribution < 1.29 is 13.2 Å². The third-order valence-corrected chi connectivity index (χ3v) is 6.09. The van der Waals surface area contributed by atoms with Crippen LogP contribution < -0.4 is 5.32 Å². The van der Waals surface area contributed by atoms with E-state index in [0.717, 1.165) is 16.7 Å². The molecule has 1 N–H and O–H groups in total. The van der Waals surface area contributed by atoms with E-state index in [1.807, 2.05) is 66.7 Å². The molecule has 5 heteroatoms. The fourth-order valence-corrected chi connectivity index (χ4v) is 4.47. The molecule has 0 aromatic heterocycles. The van der Waals surface area contributed by atoms with Crippen molar-refractivity contribution in [2.45, 2.75) is 12.2 Å². The lowest BCUT2D eigenvalue weighted by Crippen LogP contribution is -2.26. The summed E-state index contributed by atoms with van der Waals surface area (Å²) in [5.41, 5.74) is 3.19. The monoisotopic (exact) mass is 393 g/mol. The summed E-state index contributed by atoms with van der Waals surface area (Å²) in [6.45, 7) is 0.315. The van der Waals surface area contributed by atoms with Crippen LogP contribution in [0.1, 0.15) is 22.3 Å². The van der Waals surface area contributed by atoms with Crippen LogP contribution in [-0.4, -0.2) is 26.6 Å². The van der Waals surface area contributed by atoms with Crippen LogP contribution in [0, 0.1) is 0 Å². The van der Waals surface area contributed by atoms with Gasteiger partial charge in [-0.15, -0.1) is 0 Å². The van der Waals surface area contributed by atoms with Gasteiger partial charge in [0.2, 0.25) is 0 Å². The molecule has 0 bridgehead atoms. The number of carbonyl (C=O) groups is 1. The molecule has 0 aliphatic carbocycles. The molecule has 144 valence electrons. The summed E-state index contributed by atoms with van der Waals surface area (Å²) in [5.74, 6) is -0.124.